The van der Waals surface area contributed by atoms with Crippen molar-refractivity contribution in [1.82, 2.24) is 0 Å². The van der Waals surface area contributed by atoms with Crippen LogP contribution >= 0.6 is 15.9 Å². The largest absolute Gasteiger partial charge is 0.503 e. The van der Waals surface area contributed by atoms with Crippen LogP contribution < -0.4 is 9.64 Å². The molecule has 2 heterocycles. The maximum atomic E-state index is 10.3. The SMILES string of the molecule is CCOc1cc(C=Nc2cc3c4c(c2)[C@H](c2ccccc2)CCN4CC[C@@H]3c2ccccc2)cc(Br)c1O. The molecule has 6 rings (SSSR count). The van der Waals surface area contributed by atoms with E-state index < -0.39 is 0 Å². The zero-order valence-corrected chi connectivity index (χ0v) is 23.1. The lowest BCUT2D eigenvalue weighted by Crippen LogP contribution is -2.37. The third kappa shape index (κ3) is 4.71. The minimum absolute atomic E-state index is 0.110. The van der Waals surface area contributed by atoms with Crippen molar-refractivity contribution in [2.45, 2.75) is 31.6 Å². The molecular weight excluding hydrogens is 536 g/mol. The van der Waals surface area contributed by atoms with Gasteiger partial charge in [0.15, 0.2) is 11.5 Å². The van der Waals surface area contributed by atoms with Crippen LogP contribution in [0.2, 0.25) is 0 Å². The van der Waals surface area contributed by atoms with Gasteiger partial charge in [-0.25, -0.2) is 0 Å². The van der Waals surface area contributed by atoms with Crippen molar-refractivity contribution < 1.29 is 9.84 Å². The molecule has 0 spiro atoms. The number of rotatable bonds is 6. The fraction of sp³-hybridized carbons (Fsp3) is 0.242. The van der Waals surface area contributed by atoms with E-state index in [1.54, 1.807) is 0 Å². The Hall–Kier alpha value is -3.57. The van der Waals surface area contributed by atoms with E-state index in [-0.39, 0.29) is 5.75 Å². The number of phenolic OH excluding ortho intramolecular Hbond substituents is 1. The van der Waals surface area contributed by atoms with Gasteiger partial charge in [-0.1, -0.05) is 60.7 Å². The standard InChI is InChI=1S/C33H31BrN2O2/c1-2-38-31-18-22(17-30(34)33(31)37)21-35-25-19-28-26(23-9-5-3-6-10-23)13-15-36-16-14-27(29(20-25)32(28)36)24-11-7-4-8-12-24/h3-12,17-21,26-27,37H,2,13-16H2,1H3/t26-,27+. The Morgan fingerprint density at radius 1 is 0.895 bits per heavy atom. The van der Waals surface area contributed by atoms with Crippen LogP contribution in [0.25, 0.3) is 0 Å². The topological polar surface area (TPSA) is 45.1 Å². The number of benzene rings is 4. The molecule has 2 aliphatic rings. The van der Waals surface area contributed by atoms with Gasteiger partial charge in [0.25, 0.3) is 0 Å². The van der Waals surface area contributed by atoms with Crippen molar-refractivity contribution in [3.8, 4) is 11.5 Å². The van der Waals surface area contributed by atoms with E-state index >= 15 is 0 Å². The van der Waals surface area contributed by atoms with Crippen LogP contribution in [0.15, 0.2) is 94.4 Å². The third-order valence-electron chi connectivity index (χ3n) is 7.71. The van der Waals surface area contributed by atoms with Crippen LogP contribution in [0.1, 0.15) is 59.4 Å². The first-order chi connectivity index (χ1) is 18.6. The first kappa shape index (κ1) is 24.7. The Kier molecular flexibility index (Phi) is 6.94. The number of hydrogen-bond acceptors (Lipinski definition) is 4. The number of aliphatic imine (C=N–C) groups is 1. The first-order valence-corrected chi connectivity index (χ1v) is 14.1. The number of halogens is 1. The second-order valence-corrected chi connectivity index (χ2v) is 10.9. The minimum Gasteiger partial charge on any atom is -0.503 e. The van der Waals surface area contributed by atoms with Crippen LogP contribution in [-0.4, -0.2) is 31.0 Å². The molecule has 4 nitrogen and oxygen atoms in total. The molecule has 0 saturated heterocycles. The number of anilines is 1. The molecule has 0 unspecified atom stereocenters. The van der Waals surface area contributed by atoms with Gasteiger partial charge in [-0.2, -0.15) is 0 Å². The van der Waals surface area contributed by atoms with Gasteiger partial charge in [0, 0.05) is 36.8 Å². The second kappa shape index (κ2) is 10.7. The van der Waals surface area contributed by atoms with E-state index in [2.05, 4.69) is 93.6 Å². The van der Waals surface area contributed by atoms with Gasteiger partial charge in [-0.15, -0.1) is 0 Å². The average molecular weight is 568 g/mol. The van der Waals surface area contributed by atoms with Crippen molar-refractivity contribution in [3.05, 3.63) is 117 Å². The highest BCUT2D eigenvalue weighted by Gasteiger charge is 2.35. The van der Waals surface area contributed by atoms with Crippen molar-refractivity contribution in [2.24, 2.45) is 4.99 Å². The van der Waals surface area contributed by atoms with Crippen molar-refractivity contribution in [1.29, 1.82) is 0 Å². The number of ether oxygens (including phenoxy) is 1. The number of nitrogens with zero attached hydrogens (tertiary/aromatic N) is 2. The molecule has 0 fully saturated rings. The molecule has 0 aromatic heterocycles. The predicted molar refractivity (Wildman–Crippen MR) is 159 cm³/mol. The van der Waals surface area contributed by atoms with Crippen LogP contribution in [-0.2, 0) is 0 Å². The van der Waals surface area contributed by atoms with Gasteiger partial charge in [0.1, 0.15) is 0 Å². The molecule has 4 aromatic carbocycles. The molecular formula is C33H31BrN2O2. The van der Waals surface area contributed by atoms with Crippen LogP contribution in [0.4, 0.5) is 11.4 Å². The van der Waals surface area contributed by atoms with E-state index in [9.17, 15) is 5.11 Å². The third-order valence-corrected chi connectivity index (χ3v) is 8.32. The van der Waals surface area contributed by atoms with E-state index in [0.717, 1.165) is 37.2 Å². The molecule has 0 bridgehead atoms. The lowest BCUT2D eigenvalue weighted by Gasteiger charge is -2.43. The molecule has 192 valence electrons. The maximum Gasteiger partial charge on any atom is 0.172 e. The molecule has 1 N–H and O–H groups in total. The Balaban J connectivity index is 1.47. The fourth-order valence-electron chi connectivity index (χ4n) is 6.00. The summed E-state index contributed by atoms with van der Waals surface area (Å²) in [6, 6.07) is 30.0. The monoisotopic (exact) mass is 566 g/mol. The molecule has 0 amide bonds. The normalized spacial score (nSPS) is 18.4. The molecule has 0 radical (unpaired) electrons. The summed E-state index contributed by atoms with van der Waals surface area (Å²) in [4.78, 5) is 7.55. The van der Waals surface area contributed by atoms with E-state index in [1.165, 1.54) is 27.9 Å². The van der Waals surface area contributed by atoms with Gasteiger partial charge in [-0.3, -0.25) is 4.99 Å². The molecule has 5 heteroatoms. The summed E-state index contributed by atoms with van der Waals surface area (Å²) in [7, 11) is 0. The number of aromatic hydroxyl groups is 1. The van der Waals surface area contributed by atoms with E-state index in [1.807, 2.05) is 25.3 Å². The summed E-state index contributed by atoms with van der Waals surface area (Å²) in [5.74, 6) is 1.25. The summed E-state index contributed by atoms with van der Waals surface area (Å²) in [5.41, 5.74) is 8.68. The second-order valence-electron chi connectivity index (χ2n) is 10.0. The number of hydrogen-bond donors (Lipinski definition) is 1. The summed E-state index contributed by atoms with van der Waals surface area (Å²) in [5, 5.41) is 10.3. The zero-order chi connectivity index (χ0) is 26.1. The van der Waals surface area contributed by atoms with Crippen molar-refractivity contribution in [2.75, 3.05) is 24.6 Å². The molecule has 38 heavy (non-hydrogen) atoms. The molecule has 4 aromatic rings. The number of phenols is 1. The Bertz CT molecular complexity index is 1400. The Labute approximate surface area is 232 Å². The Morgan fingerprint density at radius 3 is 2.03 bits per heavy atom. The first-order valence-electron chi connectivity index (χ1n) is 13.3. The maximum absolute atomic E-state index is 10.3. The quantitative estimate of drug-likeness (QED) is 0.239. The van der Waals surface area contributed by atoms with E-state index in [4.69, 9.17) is 9.73 Å². The average Bonchev–Trinajstić information content (AvgIpc) is 2.96. The molecule has 2 aliphatic heterocycles. The van der Waals surface area contributed by atoms with Crippen LogP contribution in [0.5, 0.6) is 11.5 Å². The van der Waals surface area contributed by atoms with Gasteiger partial charge < -0.3 is 14.7 Å². The minimum atomic E-state index is 0.110. The zero-order valence-electron chi connectivity index (χ0n) is 21.5. The van der Waals surface area contributed by atoms with Gasteiger partial charge in [0.05, 0.1) is 16.8 Å². The van der Waals surface area contributed by atoms with Gasteiger partial charge in [0.2, 0.25) is 0 Å². The highest BCUT2D eigenvalue weighted by Crippen LogP contribution is 2.50. The van der Waals surface area contributed by atoms with Crippen molar-refractivity contribution >= 4 is 33.5 Å². The molecule has 0 saturated carbocycles. The lowest BCUT2D eigenvalue weighted by atomic mass is 9.76. The smallest absolute Gasteiger partial charge is 0.172 e. The van der Waals surface area contributed by atoms with Crippen molar-refractivity contribution in [3.63, 3.8) is 0 Å². The molecule has 2 atom stereocenters. The van der Waals surface area contributed by atoms with Gasteiger partial charge in [-0.05, 0) is 87.8 Å². The fourth-order valence-corrected chi connectivity index (χ4v) is 6.46. The molecule has 0 aliphatic carbocycles. The highest BCUT2D eigenvalue weighted by atomic mass is 79.9. The predicted octanol–water partition coefficient (Wildman–Crippen LogP) is 8.18. The lowest BCUT2D eigenvalue weighted by molar-refractivity contribution is 0.317. The van der Waals surface area contributed by atoms with E-state index in [0.29, 0.717) is 28.7 Å². The summed E-state index contributed by atoms with van der Waals surface area (Å²) >= 11 is 3.45. The summed E-state index contributed by atoms with van der Waals surface area (Å²) in [6.45, 7) is 4.53. The van der Waals surface area contributed by atoms with Crippen LogP contribution in [0, 0.1) is 0 Å². The summed E-state index contributed by atoms with van der Waals surface area (Å²) < 4.78 is 6.21. The van der Waals surface area contributed by atoms with Crippen LogP contribution in [0.3, 0.4) is 0 Å². The summed E-state index contributed by atoms with van der Waals surface area (Å²) in [6.07, 6.45) is 4.06. The Morgan fingerprint density at radius 2 is 1.47 bits per heavy atom. The highest BCUT2D eigenvalue weighted by molar-refractivity contribution is 9.10. The van der Waals surface area contributed by atoms with Gasteiger partial charge >= 0.3 is 0 Å².